The minimum Gasteiger partial charge on any atom is -0.350 e. The van der Waals surface area contributed by atoms with Crippen molar-refractivity contribution in [2.75, 3.05) is 0 Å². The second-order valence-corrected chi connectivity index (χ2v) is 7.80. The van der Waals surface area contributed by atoms with Crippen LogP contribution in [0.2, 0.25) is 0 Å². The maximum Gasteiger partial charge on any atom is 0.451 e. The van der Waals surface area contributed by atoms with Gasteiger partial charge in [0.05, 0.1) is 16.8 Å². The average Bonchev–Trinajstić information content (AvgIpc) is 3.35. The van der Waals surface area contributed by atoms with E-state index in [1.54, 1.807) is 0 Å². The summed E-state index contributed by atoms with van der Waals surface area (Å²) in [4.78, 5) is 22.7. The summed E-state index contributed by atoms with van der Waals surface area (Å²) >= 11 is 0. The van der Waals surface area contributed by atoms with Crippen LogP contribution in [0.15, 0.2) is 24.7 Å². The molecule has 2 aromatic heterocycles. The lowest BCUT2D eigenvalue weighted by Gasteiger charge is -2.14. The van der Waals surface area contributed by atoms with Crippen LogP contribution in [0.3, 0.4) is 0 Å². The Kier molecular flexibility index (Phi) is 5.02. The number of alkyl halides is 3. The van der Waals surface area contributed by atoms with E-state index in [0.717, 1.165) is 18.6 Å². The maximum atomic E-state index is 14.1. The summed E-state index contributed by atoms with van der Waals surface area (Å²) in [5.74, 6) is -2.85. The molecule has 1 saturated heterocycles. The molecular formula is C17H13F4N5O3S. The van der Waals surface area contributed by atoms with E-state index in [9.17, 15) is 30.8 Å². The number of pyridine rings is 1. The SMILES string of the molecule is O=C(NCc1cc(-c2cnc(C(F)(F)F)nc2)ncc1F)C1NC2CC2C1=S(=O)=O. The van der Waals surface area contributed by atoms with Crippen LogP contribution in [0.1, 0.15) is 17.8 Å². The zero-order valence-electron chi connectivity index (χ0n) is 14.9. The normalized spacial score (nSPS) is 22.5. The molecule has 4 rings (SSSR count). The molecule has 8 nitrogen and oxygen atoms in total. The molecule has 1 aliphatic heterocycles. The fourth-order valence-corrected chi connectivity index (χ4v) is 4.17. The van der Waals surface area contributed by atoms with Gasteiger partial charge < -0.3 is 5.32 Å². The van der Waals surface area contributed by atoms with Crippen molar-refractivity contribution in [3.8, 4) is 11.3 Å². The van der Waals surface area contributed by atoms with E-state index in [0.29, 0.717) is 6.42 Å². The molecule has 0 bridgehead atoms. The molecule has 158 valence electrons. The van der Waals surface area contributed by atoms with E-state index < -0.39 is 40.1 Å². The number of halogens is 4. The Bertz CT molecular complexity index is 1140. The summed E-state index contributed by atoms with van der Waals surface area (Å²) in [6, 6.07) is 0.203. The number of amides is 1. The van der Waals surface area contributed by atoms with Crippen LogP contribution in [-0.2, 0) is 27.8 Å². The highest BCUT2D eigenvalue weighted by atomic mass is 32.2. The summed E-state index contributed by atoms with van der Waals surface area (Å²) in [5, 5.41) is 5.38. The molecule has 13 heteroatoms. The van der Waals surface area contributed by atoms with Crippen LogP contribution in [-0.4, -0.2) is 46.2 Å². The smallest absolute Gasteiger partial charge is 0.350 e. The number of fused-ring (bicyclic) bond motifs is 1. The zero-order chi connectivity index (χ0) is 21.6. The predicted molar refractivity (Wildman–Crippen MR) is 94.8 cm³/mol. The fourth-order valence-electron chi connectivity index (χ4n) is 3.29. The summed E-state index contributed by atoms with van der Waals surface area (Å²) in [6.45, 7) is -0.270. The molecule has 0 radical (unpaired) electrons. The number of hydrogen-bond donors (Lipinski definition) is 2. The number of hydrogen-bond acceptors (Lipinski definition) is 7. The molecular weight excluding hydrogens is 430 g/mol. The summed E-state index contributed by atoms with van der Waals surface area (Å²) in [6.07, 6.45) is -1.34. The number of aromatic nitrogens is 3. The molecule has 2 fully saturated rings. The molecule has 3 atom stereocenters. The second kappa shape index (κ2) is 7.40. The molecule has 0 spiro atoms. The molecule has 0 aromatic carbocycles. The predicted octanol–water partition coefficient (Wildman–Crippen LogP) is 0.724. The van der Waals surface area contributed by atoms with Gasteiger partial charge in [0.25, 0.3) is 0 Å². The molecule has 3 unspecified atom stereocenters. The third-order valence-corrected chi connectivity index (χ3v) is 5.79. The van der Waals surface area contributed by atoms with Crippen LogP contribution in [0.5, 0.6) is 0 Å². The molecule has 2 aliphatic rings. The van der Waals surface area contributed by atoms with Crippen molar-refractivity contribution < 1.29 is 30.8 Å². The Balaban J connectivity index is 1.49. The molecule has 1 aliphatic carbocycles. The van der Waals surface area contributed by atoms with E-state index in [1.165, 1.54) is 6.07 Å². The number of carbonyl (C=O) groups is 1. The van der Waals surface area contributed by atoms with Crippen molar-refractivity contribution in [2.45, 2.75) is 31.2 Å². The first-order chi connectivity index (χ1) is 14.1. The van der Waals surface area contributed by atoms with Crippen molar-refractivity contribution >= 4 is 21.1 Å². The van der Waals surface area contributed by atoms with Gasteiger partial charge in [0.15, 0.2) is 0 Å². The Labute approximate surface area is 168 Å². The fraction of sp³-hybridized carbons (Fsp3) is 0.353. The Morgan fingerprint density at radius 1 is 1.20 bits per heavy atom. The summed E-state index contributed by atoms with van der Waals surface area (Å²) in [5.41, 5.74) is 0.259. The largest absolute Gasteiger partial charge is 0.451 e. The van der Waals surface area contributed by atoms with E-state index >= 15 is 0 Å². The minimum absolute atomic E-state index is 0.0150. The van der Waals surface area contributed by atoms with E-state index in [4.69, 9.17) is 0 Å². The highest BCUT2D eigenvalue weighted by molar-refractivity contribution is 7.73. The maximum absolute atomic E-state index is 14.1. The van der Waals surface area contributed by atoms with Gasteiger partial charge in [-0.15, -0.1) is 0 Å². The van der Waals surface area contributed by atoms with Gasteiger partial charge in [0.1, 0.15) is 11.9 Å². The third kappa shape index (κ3) is 3.89. The van der Waals surface area contributed by atoms with Crippen molar-refractivity contribution in [1.82, 2.24) is 25.6 Å². The van der Waals surface area contributed by atoms with Gasteiger partial charge in [-0.05, 0) is 12.5 Å². The molecule has 30 heavy (non-hydrogen) atoms. The highest BCUT2D eigenvalue weighted by Gasteiger charge is 2.54. The minimum atomic E-state index is -4.69. The monoisotopic (exact) mass is 443 g/mol. The Hall–Kier alpha value is -2.93. The second-order valence-electron chi connectivity index (χ2n) is 6.86. The zero-order valence-corrected chi connectivity index (χ0v) is 15.8. The number of rotatable bonds is 4. The van der Waals surface area contributed by atoms with Gasteiger partial charge in [0.2, 0.25) is 22.0 Å². The number of piperidine rings is 1. The van der Waals surface area contributed by atoms with Crippen LogP contribution in [0.25, 0.3) is 11.3 Å². The molecule has 1 saturated carbocycles. The first-order valence-corrected chi connectivity index (χ1v) is 9.76. The Morgan fingerprint density at radius 3 is 2.53 bits per heavy atom. The quantitative estimate of drug-likeness (QED) is 0.529. The van der Waals surface area contributed by atoms with Gasteiger partial charge in [0, 0.05) is 42.0 Å². The lowest BCUT2D eigenvalue weighted by molar-refractivity contribution is -0.145. The van der Waals surface area contributed by atoms with Gasteiger partial charge in [-0.2, -0.15) is 21.6 Å². The number of nitrogens with zero attached hydrogens (tertiary/aromatic N) is 3. The van der Waals surface area contributed by atoms with Crippen LogP contribution in [0.4, 0.5) is 17.6 Å². The van der Waals surface area contributed by atoms with Crippen molar-refractivity contribution in [3.63, 3.8) is 0 Å². The lowest BCUT2D eigenvalue weighted by atomic mass is 10.1. The standard InChI is InChI=1S/C17H13F4N5O3S/c18-10-6-22-11(8-4-24-16(25-5-8)17(19,20)21)1-7(10)3-23-15(27)13-14(30(28)29)9-2-12(9)26-13/h1,4-6,9,12-13,26H,2-3H2,(H,23,27). The van der Waals surface area contributed by atoms with Gasteiger partial charge in [-0.3, -0.25) is 15.1 Å². The van der Waals surface area contributed by atoms with Crippen LogP contribution >= 0.6 is 0 Å². The highest BCUT2D eigenvalue weighted by Crippen LogP contribution is 2.38. The third-order valence-electron chi connectivity index (χ3n) is 4.86. The molecule has 2 N–H and O–H groups in total. The Morgan fingerprint density at radius 2 is 1.90 bits per heavy atom. The lowest BCUT2D eigenvalue weighted by Crippen LogP contribution is -2.46. The van der Waals surface area contributed by atoms with E-state index in [1.807, 2.05) is 0 Å². The summed E-state index contributed by atoms with van der Waals surface area (Å²) in [7, 11) is -2.50. The van der Waals surface area contributed by atoms with E-state index in [2.05, 4.69) is 25.6 Å². The average molecular weight is 443 g/mol. The molecule has 3 heterocycles. The van der Waals surface area contributed by atoms with Gasteiger partial charge in [-0.25, -0.2) is 14.4 Å². The van der Waals surface area contributed by atoms with Crippen molar-refractivity contribution in [2.24, 2.45) is 5.92 Å². The molecule has 1 amide bonds. The topological polar surface area (TPSA) is 114 Å². The molecule has 2 aromatic rings. The first-order valence-electron chi connectivity index (χ1n) is 8.69. The van der Waals surface area contributed by atoms with Gasteiger partial charge in [-0.1, -0.05) is 0 Å². The number of carbonyl (C=O) groups excluding carboxylic acids is 1. The van der Waals surface area contributed by atoms with Crippen LogP contribution < -0.4 is 10.6 Å². The van der Waals surface area contributed by atoms with Crippen molar-refractivity contribution in [1.29, 1.82) is 0 Å². The summed E-state index contributed by atoms with van der Waals surface area (Å²) < 4.78 is 74.5. The van der Waals surface area contributed by atoms with Crippen molar-refractivity contribution in [3.05, 3.63) is 41.9 Å². The van der Waals surface area contributed by atoms with E-state index in [-0.39, 0.29) is 40.2 Å². The number of nitrogens with one attached hydrogen (secondary N) is 2. The van der Waals surface area contributed by atoms with Crippen LogP contribution in [0, 0.1) is 11.7 Å². The first kappa shape index (κ1) is 20.3. The van der Waals surface area contributed by atoms with Gasteiger partial charge >= 0.3 is 6.18 Å².